The molecule has 2 unspecified atom stereocenters. The summed E-state index contributed by atoms with van der Waals surface area (Å²) in [6.45, 7) is 9.44. The van der Waals surface area contributed by atoms with Gasteiger partial charge in [0.2, 0.25) is 0 Å². The number of hydrogen-bond donors (Lipinski definition) is 0. The van der Waals surface area contributed by atoms with Crippen molar-refractivity contribution >= 4 is 28.0 Å². The van der Waals surface area contributed by atoms with Crippen molar-refractivity contribution in [2.45, 2.75) is 139 Å². The van der Waals surface area contributed by atoms with Crippen LogP contribution in [0.25, 0.3) is 12.2 Å². The van der Waals surface area contributed by atoms with Gasteiger partial charge in [-0.3, -0.25) is 0 Å². The SMILES string of the molecule is CCCCCCP(CCCCCC)C1=Cc2ccccc2[CH]1[Ti][CH]1C(P(CCCCCC)CCCCCC)=Cc2ccccc21. The van der Waals surface area contributed by atoms with Crippen LogP contribution in [0.15, 0.2) is 59.2 Å². The maximum absolute atomic E-state index is 2.73. The fraction of sp³-hybridized carbons (Fsp3) is 0.619. The molecule has 0 nitrogen and oxygen atoms in total. The Kier molecular flexibility index (Phi) is 17.8. The van der Waals surface area contributed by atoms with E-state index in [0.717, 1.165) is 8.45 Å². The topological polar surface area (TPSA) is 0 Å². The summed E-state index contributed by atoms with van der Waals surface area (Å²) in [6.07, 6.45) is 33.8. The van der Waals surface area contributed by atoms with E-state index in [-0.39, 0.29) is 35.0 Å². The molecule has 246 valence electrons. The van der Waals surface area contributed by atoms with Gasteiger partial charge in [0.1, 0.15) is 0 Å². The maximum atomic E-state index is 2.73. The molecule has 3 heteroatoms. The van der Waals surface area contributed by atoms with Crippen LogP contribution in [0.1, 0.15) is 161 Å². The molecule has 2 aromatic carbocycles. The first-order valence-electron chi connectivity index (χ1n) is 19.1. The summed E-state index contributed by atoms with van der Waals surface area (Å²) in [5.74, 6) is 0. The van der Waals surface area contributed by atoms with Gasteiger partial charge in [-0.2, -0.15) is 0 Å². The predicted molar refractivity (Wildman–Crippen MR) is 204 cm³/mol. The van der Waals surface area contributed by atoms with Gasteiger partial charge in [0.05, 0.1) is 0 Å². The number of fused-ring (bicyclic) bond motifs is 2. The fourth-order valence-corrected chi connectivity index (χ4v) is 17.9. The molecule has 0 spiro atoms. The van der Waals surface area contributed by atoms with Crippen LogP contribution in [-0.2, 0) is 19.2 Å². The van der Waals surface area contributed by atoms with Crippen molar-refractivity contribution < 1.29 is 19.2 Å². The van der Waals surface area contributed by atoms with Crippen LogP contribution >= 0.6 is 15.8 Å². The molecule has 2 aliphatic rings. The summed E-state index contributed by atoms with van der Waals surface area (Å²) in [5, 5.41) is 3.83. The van der Waals surface area contributed by atoms with Crippen LogP contribution < -0.4 is 0 Å². The first-order chi connectivity index (χ1) is 22.2. The van der Waals surface area contributed by atoms with Gasteiger partial charge in [-0.25, -0.2) is 0 Å². The summed E-state index contributed by atoms with van der Waals surface area (Å²) in [5.41, 5.74) is 6.52. The third kappa shape index (κ3) is 11.3. The van der Waals surface area contributed by atoms with Gasteiger partial charge >= 0.3 is 292 Å². The monoisotopic (exact) mass is 678 g/mol. The van der Waals surface area contributed by atoms with Crippen molar-refractivity contribution in [2.24, 2.45) is 0 Å². The average Bonchev–Trinajstić information content (AvgIpc) is 3.62. The molecule has 0 heterocycles. The van der Waals surface area contributed by atoms with Gasteiger partial charge < -0.3 is 0 Å². The molecule has 0 bridgehead atoms. The van der Waals surface area contributed by atoms with E-state index < -0.39 is 0 Å². The molecule has 2 atom stereocenters. The number of hydrogen-bond acceptors (Lipinski definition) is 0. The summed E-state index contributed by atoms with van der Waals surface area (Å²) in [4.78, 5) is 0. The van der Waals surface area contributed by atoms with Crippen molar-refractivity contribution in [3.8, 4) is 0 Å². The molecule has 45 heavy (non-hydrogen) atoms. The first kappa shape index (κ1) is 37.3. The number of unbranched alkanes of at least 4 members (excludes halogenated alkanes) is 12. The number of allylic oxidation sites excluding steroid dienone is 2. The number of benzene rings is 2. The summed E-state index contributed by atoms with van der Waals surface area (Å²) in [7, 11) is -0.0938. The van der Waals surface area contributed by atoms with E-state index in [1.54, 1.807) is 22.3 Å². The molecule has 0 radical (unpaired) electrons. The van der Waals surface area contributed by atoms with Gasteiger partial charge in [0.15, 0.2) is 0 Å². The van der Waals surface area contributed by atoms with Crippen molar-refractivity contribution in [3.63, 3.8) is 0 Å². The third-order valence-electron chi connectivity index (χ3n) is 10.0. The van der Waals surface area contributed by atoms with Crippen LogP contribution in [0.4, 0.5) is 0 Å². The summed E-state index contributed by atoms with van der Waals surface area (Å²) in [6, 6.07) is 19.2. The van der Waals surface area contributed by atoms with Crippen molar-refractivity contribution in [1.29, 1.82) is 0 Å². The molecule has 2 aromatic rings. The molecule has 0 saturated heterocycles. The molecule has 2 aliphatic carbocycles. The molecule has 0 amide bonds. The second kappa shape index (κ2) is 21.5. The second-order valence-corrected chi connectivity index (χ2v) is 21.0. The minimum atomic E-state index is -0.293. The quantitative estimate of drug-likeness (QED) is 0.0589. The Morgan fingerprint density at radius 1 is 0.444 bits per heavy atom. The van der Waals surface area contributed by atoms with E-state index in [2.05, 4.69) is 88.4 Å². The Balaban J connectivity index is 1.62. The third-order valence-corrected chi connectivity index (χ3v) is 19.4. The normalized spacial score (nSPS) is 17.1. The molecular weight excluding hydrogens is 614 g/mol. The van der Waals surface area contributed by atoms with E-state index in [4.69, 9.17) is 0 Å². The van der Waals surface area contributed by atoms with E-state index in [1.807, 2.05) is 10.6 Å². The van der Waals surface area contributed by atoms with E-state index in [9.17, 15) is 0 Å². The van der Waals surface area contributed by atoms with Crippen molar-refractivity contribution in [3.05, 3.63) is 81.4 Å². The molecule has 4 rings (SSSR count). The van der Waals surface area contributed by atoms with E-state index >= 15 is 0 Å². The van der Waals surface area contributed by atoms with Crippen LogP contribution in [-0.4, -0.2) is 24.6 Å². The van der Waals surface area contributed by atoms with E-state index in [0.29, 0.717) is 0 Å². The van der Waals surface area contributed by atoms with Crippen LogP contribution in [0, 0.1) is 0 Å². The first-order valence-corrected chi connectivity index (χ1v) is 24.3. The zero-order valence-corrected chi connectivity index (χ0v) is 32.8. The van der Waals surface area contributed by atoms with Crippen LogP contribution in [0.5, 0.6) is 0 Å². The minimum absolute atomic E-state index is 0.0469. The zero-order valence-electron chi connectivity index (χ0n) is 29.5. The average molecular weight is 679 g/mol. The molecular formula is C42H64P2Ti. The number of rotatable bonds is 24. The second-order valence-electron chi connectivity index (χ2n) is 13.6. The van der Waals surface area contributed by atoms with Gasteiger partial charge in [0.25, 0.3) is 0 Å². The Morgan fingerprint density at radius 3 is 1.11 bits per heavy atom. The van der Waals surface area contributed by atoms with Crippen molar-refractivity contribution in [2.75, 3.05) is 24.6 Å². The van der Waals surface area contributed by atoms with Gasteiger partial charge in [0, 0.05) is 0 Å². The van der Waals surface area contributed by atoms with Gasteiger partial charge in [-0.1, -0.05) is 0 Å². The fourth-order valence-electron chi connectivity index (χ4n) is 7.34. The Hall–Kier alpha value is -0.506. The molecule has 0 fully saturated rings. The standard InChI is InChI=1S/2C21H32P.Ti/c2*1-3-5-7-11-15-22(16-12-8-6-4-2)21-17-19-13-9-10-14-20(19)18-21;/h2*9-10,13-14,17-18H,3-8,11-12,15-16H2,1-2H3;. The van der Waals surface area contributed by atoms with Gasteiger partial charge in [-0.05, 0) is 0 Å². The van der Waals surface area contributed by atoms with Crippen LogP contribution in [0.3, 0.4) is 0 Å². The molecule has 0 saturated carbocycles. The zero-order chi connectivity index (χ0) is 31.7. The molecule has 0 N–H and O–H groups in total. The molecule has 0 aromatic heterocycles. The van der Waals surface area contributed by atoms with Crippen LogP contribution in [0.2, 0.25) is 0 Å². The Morgan fingerprint density at radius 2 is 0.778 bits per heavy atom. The van der Waals surface area contributed by atoms with Crippen molar-refractivity contribution in [1.82, 2.24) is 0 Å². The van der Waals surface area contributed by atoms with E-state index in [1.165, 1.54) is 127 Å². The summed E-state index contributed by atoms with van der Waals surface area (Å²) >= 11 is -0.293. The Bertz CT molecular complexity index is 1070. The predicted octanol–water partition coefficient (Wildman–Crippen LogP) is 14.5. The summed E-state index contributed by atoms with van der Waals surface area (Å²) < 4.78 is 1.45. The Labute approximate surface area is 290 Å². The molecule has 0 aliphatic heterocycles. The van der Waals surface area contributed by atoms with Gasteiger partial charge in [-0.15, -0.1) is 0 Å².